The molecule has 32 heavy (non-hydrogen) atoms. The molecule has 0 radical (unpaired) electrons. The minimum atomic E-state index is -0.606. The largest absolute Gasteiger partial charge is 0.373 e. The number of amides is 1. The maximum Gasteiger partial charge on any atom is 0.281 e. The Kier molecular flexibility index (Phi) is 6.71. The molecule has 1 aliphatic rings. The molecule has 8 nitrogen and oxygen atoms in total. The zero-order chi connectivity index (χ0) is 22.8. The fraction of sp³-hybridized carbons (Fsp3) is 0.364. The van der Waals surface area contributed by atoms with Gasteiger partial charge in [-0.25, -0.2) is 9.67 Å². The van der Waals surface area contributed by atoms with Gasteiger partial charge < -0.3 is 4.74 Å². The highest BCUT2D eigenvalue weighted by Crippen LogP contribution is 2.21. The molecule has 3 heterocycles. The fourth-order valence-corrected chi connectivity index (χ4v) is 4.72. The number of hydrogen-bond donors (Lipinski definition) is 1. The molecule has 2 aromatic heterocycles. The normalized spacial score (nSPS) is 19.1. The maximum atomic E-state index is 12.8. The third-order valence-electron chi connectivity index (χ3n) is 5.06. The Balaban J connectivity index is 1.51. The van der Waals surface area contributed by atoms with Gasteiger partial charge in [0.15, 0.2) is 10.8 Å². The van der Waals surface area contributed by atoms with Crippen molar-refractivity contribution in [3.63, 3.8) is 0 Å². The van der Waals surface area contributed by atoms with E-state index < -0.39 is 11.3 Å². The van der Waals surface area contributed by atoms with Gasteiger partial charge in [0.1, 0.15) is 0 Å². The van der Waals surface area contributed by atoms with Crippen molar-refractivity contribution in [1.82, 2.24) is 19.7 Å². The standard InChI is InChI=1S/C22H24ClN5O3S/c1-13-8-19(29)20(26-28(13)18-7-5-4-6-17(18)23)21(30)25-22-24-16(12-32-22)11-27-9-14(2)31-15(3)10-27/h4-8,12,14-15H,9-11H2,1-3H3,(H,24,25,30)/t14-,15+. The smallest absolute Gasteiger partial charge is 0.281 e. The first-order valence-corrected chi connectivity index (χ1v) is 11.6. The SMILES string of the molecule is Cc1cc(=O)c(C(=O)Nc2nc(CN3C[C@@H](C)O[C@@H](C)C3)cs2)nn1-c1ccccc1Cl. The fourth-order valence-electron chi connectivity index (χ4n) is 3.81. The molecule has 4 rings (SSSR count). The van der Waals surface area contributed by atoms with Crippen LogP contribution in [0.5, 0.6) is 0 Å². The van der Waals surface area contributed by atoms with Crippen molar-refractivity contribution in [2.24, 2.45) is 0 Å². The molecular formula is C22H24ClN5O3S. The van der Waals surface area contributed by atoms with Crippen molar-refractivity contribution < 1.29 is 9.53 Å². The van der Waals surface area contributed by atoms with Crippen molar-refractivity contribution in [3.8, 4) is 5.69 Å². The molecule has 0 bridgehead atoms. The van der Waals surface area contributed by atoms with Gasteiger partial charge in [-0.3, -0.25) is 19.8 Å². The van der Waals surface area contributed by atoms with Crippen molar-refractivity contribution in [3.05, 3.63) is 68.0 Å². The van der Waals surface area contributed by atoms with Crippen LogP contribution in [0, 0.1) is 6.92 Å². The summed E-state index contributed by atoms with van der Waals surface area (Å²) in [7, 11) is 0. The second-order valence-corrected chi connectivity index (χ2v) is 9.18. The van der Waals surface area contributed by atoms with Crippen LogP contribution in [0.2, 0.25) is 5.02 Å². The van der Waals surface area contributed by atoms with E-state index in [1.165, 1.54) is 22.1 Å². The zero-order valence-electron chi connectivity index (χ0n) is 18.0. The predicted molar refractivity (Wildman–Crippen MR) is 125 cm³/mol. The van der Waals surface area contributed by atoms with E-state index in [-0.39, 0.29) is 17.9 Å². The summed E-state index contributed by atoms with van der Waals surface area (Å²) >= 11 is 7.59. The molecule has 1 fully saturated rings. The summed E-state index contributed by atoms with van der Waals surface area (Å²) in [6, 6.07) is 8.49. The second-order valence-electron chi connectivity index (χ2n) is 7.91. The number of ether oxygens (including phenoxy) is 1. The maximum absolute atomic E-state index is 12.8. The number of aryl methyl sites for hydroxylation is 1. The summed E-state index contributed by atoms with van der Waals surface area (Å²) in [5.41, 5.74) is 1.34. The number of morpholine rings is 1. The molecule has 0 aliphatic carbocycles. The van der Waals surface area contributed by atoms with Crippen LogP contribution in [-0.2, 0) is 11.3 Å². The number of halogens is 1. The highest BCUT2D eigenvalue weighted by Gasteiger charge is 2.23. The van der Waals surface area contributed by atoms with Crippen molar-refractivity contribution in [1.29, 1.82) is 0 Å². The predicted octanol–water partition coefficient (Wildman–Crippen LogP) is 3.51. The number of benzene rings is 1. The number of rotatable bonds is 5. The molecule has 2 atom stereocenters. The topological polar surface area (TPSA) is 89.3 Å². The number of carbonyl (C=O) groups excluding carboxylic acids is 1. The molecule has 10 heteroatoms. The van der Waals surface area contributed by atoms with E-state index in [0.29, 0.717) is 28.1 Å². The lowest BCUT2D eigenvalue weighted by atomic mass is 10.2. The summed E-state index contributed by atoms with van der Waals surface area (Å²) in [5, 5.41) is 9.78. The average Bonchev–Trinajstić information content (AvgIpc) is 3.14. The van der Waals surface area contributed by atoms with Crippen LogP contribution in [0.15, 0.2) is 40.5 Å². The van der Waals surface area contributed by atoms with Crippen LogP contribution in [0.3, 0.4) is 0 Å². The minimum Gasteiger partial charge on any atom is -0.373 e. The second kappa shape index (κ2) is 9.50. The molecule has 1 aliphatic heterocycles. The van der Waals surface area contributed by atoms with Gasteiger partial charge in [0.2, 0.25) is 5.43 Å². The van der Waals surface area contributed by atoms with Gasteiger partial charge in [-0.15, -0.1) is 11.3 Å². The molecule has 3 aromatic rings. The third-order valence-corrected chi connectivity index (χ3v) is 6.18. The first kappa shape index (κ1) is 22.6. The summed E-state index contributed by atoms with van der Waals surface area (Å²) in [5.74, 6) is -0.606. The van der Waals surface area contributed by atoms with Gasteiger partial charge in [0.25, 0.3) is 5.91 Å². The van der Waals surface area contributed by atoms with E-state index in [1.54, 1.807) is 25.1 Å². The first-order chi connectivity index (χ1) is 15.3. The van der Waals surface area contributed by atoms with Gasteiger partial charge >= 0.3 is 0 Å². The van der Waals surface area contributed by atoms with Crippen LogP contribution in [-0.4, -0.2) is 50.9 Å². The lowest BCUT2D eigenvalue weighted by Crippen LogP contribution is -2.44. The van der Waals surface area contributed by atoms with Crippen molar-refractivity contribution in [2.45, 2.75) is 39.5 Å². The minimum absolute atomic E-state index is 0.171. The number of thiazole rings is 1. The van der Waals surface area contributed by atoms with Crippen LogP contribution in [0.1, 0.15) is 35.7 Å². The zero-order valence-corrected chi connectivity index (χ0v) is 19.6. The molecule has 1 N–H and O–H groups in total. The van der Waals surface area contributed by atoms with E-state index in [4.69, 9.17) is 16.3 Å². The summed E-state index contributed by atoms with van der Waals surface area (Å²) in [6.07, 6.45) is 0.342. The van der Waals surface area contributed by atoms with Gasteiger partial charge in [0, 0.05) is 36.8 Å². The Bertz CT molecular complexity index is 1180. The third kappa shape index (κ3) is 5.07. The number of nitrogens with one attached hydrogen (secondary N) is 1. The van der Waals surface area contributed by atoms with E-state index in [9.17, 15) is 9.59 Å². The van der Waals surface area contributed by atoms with E-state index in [1.807, 2.05) is 11.4 Å². The summed E-state index contributed by atoms with van der Waals surface area (Å²) < 4.78 is 7.26. The molecule has 168 valence electrons. The summed E-state index contributed by atoms with van der Waals surface area (Å²) in [6.45, 7) is 8.18. The Morgan fingerprint density at radius 2 is 2.00 bits per heavy atom. The molecule has 0 unspecified atom stereocenters. The number of aromatic nitrogens is 3. The number of hydrogen-bond acceptors (Lipinski definition) is 7. The first-order valence-electron chi connectivity index (χ1n) is 10.3. The Hall–Kier alpha value is -2.59. The van der Waals surface area contributed by atoms with Crippen LogP contribution < -0.4 is 10.7 Å². The monoisotopic (exact) mass is 473 g/mol. The van der Waals surface area contributed by atoms with Gasteiger partial charge in [-0.1, -0.05) is 23.7 Å². The Labute approximate surface area is 194 Å². The Morgan fingerprint density at radius 1 is 1.28 bits per heavy atom. The average molecular weight is 474 g/mol. The number of para-hydroxylation sites is 1. The molecule has 1 saturated heterocycles. The van der Waals surface area contributed by atoms with Gasteiger partial charge in [-0.05, 0) is 32.9 Å². The quantitative estimate of drug-likeness (QED) is 0.610. The lowest BCUT2D eigenvalue weighted by molar-refractivity contribution is -0.0707. The molecule has 0 spiro atoms. The molecular weight excluding hydrogens is 450 g/mol. The summed E-state index contributed by atoms with van der Waals surface area (Å²) in [4.78, 5) is 32.1. The van der Waals surface area contributed by atoms with Gasteiger partial charge in [0.05, 0.1) is 28.6 Å². The highest BCUT2D eigenvalue weighted by atomic mass is 35.5. The lowest BCUT2D eigenvalue weighted by Gasteiger charge is -2.34. The van der Waals surface area contributed by atoms with E-state index in [2.05, 4.69) is 34.1 Å². The Morgan fingerprint density at radius 3 is 2.72 bits per heavy atom. The highest BCUT2D eigenvalue weighted by molar-refractivity contribution is 7.13. The van der Waals surface area contributed by atoms with E-state index >= 15 is 0 Å². The van der Waals surface area contributed by atoms with Gasteiger partial charge in [-0.2, -0.15) is 5.10 Å². The van der Waals surface area contributed by atoms with Crippen LogP contribution in [0.4, 0.5) is 5.13 Å². The number of carbonyl (C=O) groups is 1. The van der Waals surface area contributed by atoms with Crippen LogP contribution >= 0.6 is 22.9 Å². The molecule has 1 aromatic carbocycles. The molecule has 0 saturated carbocycles. The van der Waals surface area contributed by atoms with Crippen molar-refractivity contribution in [2.75, 3.05) is 18.4 Å². The number of nitrogens with zero attached hydrogens (tertiary/aromatic N) is 4. The number of anilines is 1. The van der Waals surface area contributed by atoms with Crippen molar-refractivity contribution >= 4 is 34.0 Å². The van der Waals surface area contributed by atoms with E-state index in [0.717, 1.165) is 18.8 Å². The van der Waals surface area contributed by atoms with Crippen LogP contribution in [0.25, 0.3) is 5.69 Å². The molecule has 1 amide bonds.